The predicted octanol–water partition coefficient (Wildman–Crippen LogP) is 4.50. The van der Waals surface area contributed by atoms with Gasteiger partial charge in [-0.2, -0.15) is 4.21 Å². The van der Waals surface area contributed by atoms with Crippen LogP contribution in [0.1, 0.15) is 57.4 Å². The number of unbranched alkanes of at least 4 members (excludes halogenated alkanes) is 6. The molecule has 1 aromatic carbocycles. The lowest BCUT2D eigenvalue weighted by Crippen LogP contribution is -1.97. The first kappa shape index (κ1) is 16.2. The molecule has 1 N–H and O–H groups in total. The van der Waals surface area contributed by atoms with Crippen molar-refractivity contribution in [1.29, 1.82) is 0 Å². The number of hydrogen-bond acceptors (Lipinski definition) is 2. The second-order valence-corrected chi connectivity index (χ2v) is 5.42. The predicted molar refractivity (Wildman–Crippen MR) is 79.5 cm³/mol. The van der Waals surface area contributed by atoms with Crippen LogP contribution in [0.4, 0.5) is 0 Å². The van der Waals surface area contributed by atoms with Gasteiger partial charge in [0.2, 0.25) is 0 Å². The zero-order valence-electron chi connectivity index (χ0n) is 11.6. The Morgan fingerprint density at radius 2 is 1.79 bits per heavy atom. The van der Waals surface area contributed by atoms with Crippen LogP contribution in [-0.4, -0.2) is 8.76 Å². The van der Waals surface area contributed by atoms with Crippen LogP contribution < -0.4 is 4.18 Å². The van der Waals surface area contributed by atoms with Gasteiger partial charge < -0.3 is 4.18 Å². The lowest BCUT2D eigenvalue weighted by molar-refractivity contribution is 0.457. The second kappa shape index (κ2) is 9.98. The number of hydrogen-bond donors (Lipinski definition) is 1. The molecule has 19 heavy (non-hydrogen) atoms. The molecular formula is C15H24O3S. The standard InChI is InChI=1S/C15H24O3S/c1-2-3-4-5-6-7-8-10-14-11-9-12-15(13-14)18-19(16)17/h9,11-13H,2-8,10H2,1H3,(H,16,17). The SMILES string of the molecule is CCCCCCCCCc1cccc(OS(=O)O)c1. The van der Waals surface area contributed by atoms with E-state index in [4.69, 9.17) is 8.74 Å². The molecule has 0 amide bonds. The van der Waals surface area contributed by atoms with E-state index in [9.17, 15) is 4.21 Å². The molecule has 0 bridgehead atoms. The number of benzene rings is 1. The molecule has 0 heterocycles. The molecule has 3 nitrogen and oxygen atoms in total. The lowest BCUT2D eigenvalue weighted by Gasteiger charge is -2.04. The fourth-order valence-corrected chi connectivity index (χ4v) is 2.39. The Hall–Kier alpha value is -0.870. The van der Waals surface area contributed by atoms with Gasteiger partial charge in [0.15, 0.2) is 0 Å². The quantitative estimate of drug-likeness (QED) is 0.508. The van der Waals surface area contributed by atoms with Crippen LogP contribution in [-0.2, 0) is 17.8 Å². The summed E-state index contributed by atoms with van der Waals surface area (Å²) < 4.78 is 24.0. The van der Waals surface area contributed by atoms with E-state index in [1.165, 1.54) is 38.5 Å². The highest BCUT2D eigenvalue weighted by Crippen LogP contribution is 2.16. The molecule has 0 aliphatic carbocycles. The molecule has 0 aliphatic heterocycles. The zero-order chi connectivity index (χ0) is 13.9. The van der Waals surface area contributed by atoms with Gasteiger partial charge in [0.05, 0.1) is 0 Å². The first-order chi connectivity index (χ1) is 9.22. The summed E-state index contributed by atoms with van der Waals surface area (Å²) in [6, 6.07) is 7.43. The second-order valence-electron chi connectivity index (χ2n) is 4.82. The smallest absolute Gasteiger partial charge is 0.357 e. The van der Waals surface area contributed by atoms with Crippen molar-refractivity contribution in [1.82, 2.24) is 0 Å². The van der Waals surface area contributed by atoms with E-state index in [1.54, 1.807) is 6.07 Å². The van der Waals surface area contributed by atoms with Crippen molar-refractivity contribution >= 4 is 11.4 Å². The molecule has 4 heteroatoms. The number of rotatable bonds is 10. The van der Waals surface area contributed by atoms with Gasteiger partial charge in [-0.05, 0) is 30.5 Å². The molecule has 0 fully saturated rings. The highest BCUT2D eigenvalue weighted by Gasteiger charge is 2.00. The summed E-state index contributed by atoms with van der Waals surface area (Å²) in [6.07, 6.45) is 10.0. The molecule has 1 unspecified atom stereocenters. The van der Waals surface area contributed by atoms with Gasteiger partial charge in [0.1, 0.15) is 5.75 Å². The zero-order valence-corrected chi connectivity index (χ0v) is 12.5. The van der Waals surface area contributed by atoms with Crippen molar-refractivity contribution < 1.29 is 12.9 Å². The lowest BCUT2D eigenvalue weighted by atomic mass is 10.0. The molecular weight excluding hydrogens is 260 g/mol. The molecule has 108 valence electrons. The van der Waals surface area contributed by atoms with E-state index in [0.717, 1.165) is 18.4 Å². The third kappa shape index (κ3) is 8.01. The minimum Gasteiger partial charge on any atom is -0.380 e. The van der Waals surface area contributed by atoms with Crippen molar-refractivity contribution in [2.24, 2.45) is 0 Å². The van der Waals surface area contributed by atoms with E-state index in [-0.39, 0.29) is 0 Å². The topological polar surface area (TPSA) is 46.5 Å². The van der Waals surface area contributed by atoms with Crippen molar-refractivity contribution in [2.75, 3.05) is 0 Å². The Labute approximate surface area is 118 Å². The highest BCUT2D eigenvalue weighted by atomic mass is 32.2. The molecule has 0 aliphatic rings. The Kier molecular flexibility index (Phi) is 8.50. The van der Waals surface area contributed by atoms with Gasteiger partial charge in [-0.15, -0.1) is 0 Å². The Balaban J connectivity index is 2.20. The summed E-state index contributed by atoms with van der Waals surface area (Å²) in [5, 5.41) is 0. The monoisotopic (exact) mass is 284 g/mol. The Morgan fingerprint density at radius 3 is 2.47 bits per heavy atom. The maximum Gasteiger partial charge on any atom is 0.357 e. The molecule has 0 saturated heterocycles. The average Bonchev–Trinajstić information content (AvgIpc) is 2.37. The van der Waals surface area contributed by atoms with Gasteiger partial charge in [-0.25, -0.2) is 0 Å². The minimum atomic E-state index is -2.24. The van der Waals surface area contributed by atoms with Crippen LogP contribution in [0, 0.1) is 0 Å². The Morgan fingerprint density at radius 1 is 1.11 bits per heavy atom. The third-order valence-corrected chi connectivity index (χ3v) is 3.47. The average molecular weight is 284 g/mol. The fraction of sp³-hybridized carbons (Fsp3) is 0.600. The van der Waals surface area contributed by atoms with Crippen LogP contribution >= 0.6 is 0 Å². The van der Waals surface area contributed by atoms with Crippen molar-refractivity contribution in [2.45, 2.75) is 58.3 Å². The van der Waals surface area contributed by atoms with E-state index in [0.29, 0.717) is 5.75 Å². The van der Waals surface area contributed by atoms with Crippen LogP contribution in [0.5, 0.6) is 5.75 Å². The molecule has 0 saturated carbocycles. The maximum atomic E-state index is 10.6. The minimum absolute atomic E-state index is 0.460. The molecule has 0 aromatic heterocycles. The van der Waals surface area contributed by atoms with Crippen molar-refractivity contribution in [3.8, 4) is 5.75 Å². The van der Waals surface area contributed by atoms with Crippen LogP contribution in [0.25, 0.3) is 0 Å². The fourth-order valence-electron chi connectivity index (χ4n) is 2.12. The summed E-state index contributed by atoms with van der Waals surface area (Å²) >= 11 is -2.24. The van der Waals surface area contributed by atoms with E-state index >= 15 is 0 Å². The number of aryl methyl sites for hydroxylation is 1. The summed E-state index contributed by atoms with van der Waals surface area (Å²) in [7, 11) is 0. The third-order valence-electron chi connectivity index (χ3n) is 3.13. The first-order valence-corrected chi connectivity index (χ1v) is 8.13. The van der Waals surface area contributed by atoms with Gasteiger partial charge in [-0.1, -0.05) is 57.6 Å². The van der Waals surface area contributed by atoms with Crippen LogP contribution in [0.15, 0.2) is 24.3 Å². The summed E-state index contributed by atoms with van der Waals surface area (Å²) in [5.74, 6) is 0.460. The molecule has 1 atom stereocenters. The van der Waals surface area contributed by atoms with Gasteiger partial charge in [-0.3, -0.25) is 4.55 Å². The normalized spacial score (nSPS) is 12.3. The van der Waals surface area contributed by atoms with Crippen LogP contribution in [0.3, 0.4) is 0 Å². The summed E-state index contributed by atoms with van der Waals surface area (Å²) in [4.78, 5) is 0. The summed E-state index contributed by atoms with van der Waals surface area (Å²) in [5.41, 5.74) is 1.16. The van der Waals surface area contributed by atoms with E-state index < -0.39 is 11.4 Å². The Bertz CT molecular complexity index is 379. The molecule has 0 radical (unpaired) electrons. The molecule has 1 rings (SSSR count). The molecule has 0 spiro atoms. The van der Waals surface area contributed by atoms with Crippen molar-refractivity contribution in [3.63, 3.8) is 0 Å². The largest absolute Gasteiger partial charge is 0.380 e. The van der Waals surface area contributed by atoms with Crippen LogP contribution in [0.2, 0.25) is 0 Å². The highest BCUT2D eigenvalue weighted by molar-refractivity contribution is 7.74. The van der Waals surface area contributed by atoms with Gasteiger partial charge in [0.25, 0.3) is 0 Å². The first-order valence-electron chi connectivity index (χ1n) is 7.10. The van der Waals surface area contributed by atoms with Gasteiger partial charge in [0, 0.05) is 0 Å². The van der Waals surface area contributed by atoms with Gasteiger partial charge >= 0.3 is 11.4 Å². The molecule has 1 aromatic rings. The van der Waals surface area contributed by atoms with E-state index in [1.807, 2.05) is 18.2 Å². The van der Waals surface area contributed by atoms with Crippen molar-refractivity contribution in [3.05, 3.63) is 29.8 Å². The van der Waals surface area contributed by atoms with E-state index in [2.05, 4.69) is 6.92 Å². The maximum absolute atomic E-state index is 10.6. The summed E-state index contributed by atoms with van der Waals surface area (Å²) in [6.45, 7) is 2.23.